The van der Waals surface area contributed by atoms with Crippen molar-refractivity contribution in [2.24, 2.45) is 0 Å². The minimum absolute atomic E-state index is 0.215. The maximum Gasteiger partial charge on any atom is 0.267 e. The first-order valence-electron chi connectivity index (χ1n) is 6.38. The molecular weight excluding hydrogens is 290 g/mol. The first kappa shape index (κ1) is 15.1. The zero-order valence-corrected chi connectivity index (χ0v) is 12.5. The van der Waals surface area contributed by atoms with Crippen LogP contribution in [0.3, 0.4) is 0 Å². The maximum atomic E-state index is 12.4. The summed E-state index contributed by atoms with van der Waals surface area (Å²) >= 11 is 5.89. The molecule has 0 bridgehead atoms. The molecule has 5 nitrogen and oxygen atoms in total. The average Bonchev–Trinajstić information content (AvgIpc) is 2.46. The van der Waals surface area contributed by atoms with Crippen molar-refractivity contribution in [3.63, 3.8) is 0 Å². The van der Waals surface area contributed by atoms with E-state index in [-0.39, 0.29) is 5.91 Å². The van der Waals surface area contributed by atoms with Crippen molar-refractivity contribution < 1.29 is 9.53 Å². The quantitative estimate of drug-likeness (QED) is 0.943. The van der Waals surface area contributed by atoms with Crippen molar-refractivity contribution in [3.05, 3.63) is 47.7 Å². The van der Waals surface area contributed by atoms with Crippen LogP contribution < -0.4 is 15.4 Å². The first-order chi connectivity index (χ1) is 9.99. The highest BCUT2D eigenvalue weighted by Gasteiger charge is 2.21. The topological polar surface area (TPSA) is 68.5 Å². The Bertz CT molecular complexity index is 648. The number of pyridine rings is 1. The highest BCUT2D eigenvalue weighted by Crippen LogP contribution is 2.22. The second-order valence-corrected chi connectivity index (χ2v) is 4.99. The lowest BCUT2D eigenvalue weighted by Gasteiger charge is -2.23. The number of nitrogen functional groups attached to an aromatic ring is 1. The smallest absolute Gasteiger partial charge is 0.267 e. The molecule has 1 aromatic carbocycles. The molecule has 0 fully saturated rings. The van der Waals surface area contributed by atoms with Crippen LogP contribution in [-0.4, -0.2) is 24.0 Å². The van der Waals surface area contributed by atoms with E-state index in [0.717, 1.165) is 0 Å². The number of benzene rings is 1. The van der Waals surface area contributed by atoms with E-state index in [0.29, 0.717) is 22.1 Å². The molecule has 2 N–H and O–H groups in total. The van der Waals surface area contributed by atoms with Gasteiger partial charge in [0.2, 0.25) is 0 Å². The van der Waals surface area contributed by atoms with E-state index in [2.05, 4.69) is 4.98 Å². The molecule has 1 amide bonds. The fourth-order valence-corrected chi connectivity index (χ4v) is 2.07. The van der Waals surface area contributed by atoms with E-state index in [1.54, 1.807) is 50.5 Å². The SMILES string of the molecule is CC(Oc1cccc(Cl)c1)C(=O)N(C)c1ccncc1N. The molecule has 0 radical (unpaired) electrons. The molecular formula is C15H16ClN3O2. The molecule has 0 spiro atoms. The number of hydrogen-bond donors (Lipinski definition) is 1. The molecule has 1 unspecified atom stereocenters. The molecule has 2 rings (SSSR count). The Hall–Kier alpha value is -2.27. The number of carbonyl (C=O) groups excluding carboxylic acids is 1. The van der Waals surface area contributed by atoms with Gasteiger partial charge in [0.05, 0.1) is 17.6 Å². The van der Waals surface area contributed by atoms with Gasteiger partial charge in [-0.1, -0.05) is 17.7 Å². The summed E-state index contributed by atoms with van der Waals surface area (Å²) in [5.41, 5.74) is 6.84. The van der Waals surface area contributed by atoms with Crippen LogP contribution in [0.1, 0.15) is 6.92 Å². The summed E-state index contributed by atoms with van der Waals surface area (Å²) in [7, 11) is 1.64. The van der Waals surface area contributed by atoms with Crippen LogP contribution in [0.4, 0.5) is 11.4 Å². The zero-order chi connectivity index (χ0) is 15.4. The first-order valence-corrected chi connectivity index (χ1v) is 6.76. The van der Waals surface area contributed by atoms with Crippen molar-refractivity contribution >= 4 is 28.9 Å². The van der Waals surface area contributed by atoms with Gasteiger partial charge in [-0.25, -0.2) is 0 Å². The minimum Gasteiger partial charge on any atom is -0.481 e. The molecule has 6 heteroatoms. The van der Waals surface area contributed by atoms with Crippen LogP contribution in [-0.2, 0) is 4.79 Å². The van der Waals surface area contributed by atoms with Gasteiger partial charge in [-0.15, -0.1) is 0 Å². The van der Waals surface area contributed by atoms with E-state index < -0.39 is 6.10 Å². The van der Waals surface area contributed by atoms with Crippen LogP contribution >= 0.6 is 11.6 Å². The summed E-state index contributed by atoms with van der Waals surface area (Å²) in [4.78, 5) is 17.7. The van der Waals surface area contributed by atoms with E-state index in [9.17, 15) is 4.79 Å². The number of aromatic nitrogens is 1. The average molecular weight is 306 g/mol. The van der Waals surface area contributed by atoms with Crippen LogP contribution in [0, 0.1) is 0 Å². The molecule has 1 aromatic heterocycles. The largest absolute Gasteiger partial charge is 0.481 e. The molecule has 0 aliphatic heterocycles. The number of nitrogens with zero attached hydrogens (tertiary/aromatic N) is 2. The van der Waals surface area contributed by atoms with Crippen molar-refractivity contribution in [2.75, 3.05) is 17.7 Å². The monoisotopic (exact) mass is 305 g/mol. The number of hydrogen-bond acceptors (Lipinski definition) is 4. The normalized spacial score (nSPS) is 11.8. The third-order valence-corrected chi connectivity index (χ3v) is 3.21. The van der Waals surface area contributed by atoms with E-state index in [4.69, 9.17) is 22.1 Å². The molecule has 2 aromatic rings. The van der Waals surface area contributed by atoms with E-state index in [1.165, 1.54) is 11.1 Å². The summed E-state index contributed by atoms with van der Waals surface area (Å²) in [6.07, 6.45) is 2.42. The Balaban J connectivity index is 2.10. The molecule has 21 heavy (non-hydrogen) atoms. The Labute approximate surface area is 128 Å². The molecule has 1 heterocycles. The summed E-state index contributed by atoms with van der Waals surface area (Å²) in [5, 5.41) is 0.555. The zero-order valence-electron chi connectivity index (χ0n) is 11.8. The van der Waals surface area contributed by atoms with Gasteiger partial charge >= 0.3 is 0 Å². The van der Waals surface area contributed by atoms with Crippen molar-refractivity contribution in [1.82, 2.24) is 4.98 Å². The third-order valence-electron chi connectivity index (χ3n) is 2.98. The molecule has 110 valence electrons. The lowest BCUT2D eigenvalue weighted by Crippen LogP contribution is -2.38. The number of amides is 1. The van der Waals surface area contributed by atoms with Gasteiger partial charge in [-0.3, -0.25) is 9.78 Å². The Morgan fingerprint density at radius 1 is 1.43 bits per heavy atom. The standard InChI is InChI=1S/C15H16ClN3O2/c1-10(21-12-5-3-4-11(16)8-12)15(20)19(2)14-6-7-18-9-13(14)17/h3-10H,17H2,1-2H3. The number of carbonyl (C=O) groups is 1. The van der Waals surface area contributed by atoms with Gasteiger partial charge in [0.15, 0.2) is 6.10 Å². The van der Waals surface area contributed by atoms with Gasteiger partial charge < -0.3 is 15.4 Å². The van der Waals surface area contributed by atoms with Crippen LogP contribution in [0.5, 0.6) is 5.75 Å². The number of likely N-dealkylation sites (N-methyl/N-ethyl adjacent to an activating group) is 1. The summed E-state index contributed by atoms with van der Waals surface area (Å²) in [6.45, 7) is 1.68. The predicted octanol–water partition coefficient (Wildman–Crippen LogP) is 2.75. The molecule has 0 saturated carbocycles. The van der Waals surface area contributed by atoms with E-state index in [1.807, 2.05) is 0 Å². The molecule has 0 saturated heterocycles. The highest BCUT2D eigenvalue weighted by molar-refractivity contribution is 6.30. The number of ether oxygens (including phenoxy) is 1. The lowest BCUT2D eigenvalue weighted by atomic mass is 10.2. The van der Waals surface area contributed by atoms with E-state index >= 15 is 0 Å². The predicted molar refractivity (Wildman–Crippen MR) is 83.6 cm³/mol. The van der Waals surface area contributed by atoms with Crippen LogP contribution in [0.2, 0.25) is 5.02 Å². The number of anilines is 2. The van der Waals surface area contributed by atoms with Crippen molar-refractivity contribution in [2.45, 2.75) is 13.0 Å². The summed E-state index contributed by atoms with van der Waals surface area (Å²) in [6, 6.07) is 8.59. The number of rotatable bonds is 4. The second kappa shape index (κ2) is 6.45. The number of halogens is 1. The fraction of sp³-hybridized carbons (Fsp3) is 0.200. The molecule has 1 atom stereocenters. The van der Waals surface area contributed by atoms with Crippen LogP contribution in [0.25, 0.3) is 0 Å². The Kier molecular flexibility index (Phi) is 4.65. The molecule has 0 aliphatic carbocycles. The van der Waals surface area contributed by atoms with Gasteiger partial charge in [-0.2, -0.15) is 0 Å². The van der Waals surface area contributed by atoms with Gasteiger partial charge in [0.25, 0.3) is 5.91 Å². The summed E-state index contributed by atoms with van der Waals surface area (Å²) < 4.78 is 5.61. The van der Waals surface area contributed by atoms with Crippen molar-refractivity contribution in [3.8, 4) is 5.75 Å². The second-order valence-electron chi connectivity index (χ2n) is 4.55. The van der Waals surface area contributed by atoms with Gasteiger partial charge in [0, 0.05) is 18.3 Å². The Morgan fingerprint density at radius 2 is 2.19 bits per heavy atom. The number of nitrogens with two attached hydrogens (primary N) is 1. The Morgan fingerprint density at radius 3 is 2.86 bits per heavy atom. The molecule has 0 aliphatic rings. The van der Waals surface area contributed by atoms with Gasteiger partial charge in [0.1, 0.15) is 5.75 Å². The highest BCUT2D eigenvalue weighted by atomic mass is 35.5. The van der Waals surface area contributed by atoms with Crippen LogP contribution in [0.15, 0.2) is 42.7 Å². The summed E-state index contributed by atoms with van der Waals surface area (Å²) in [5.74, 6) is 0.326. The minimum atomic E-state index is -0.666. The lowest BCUT2D eigenvalue weighted by molar-refractivity contribution is -0.124. The van der Waals surface area contributed by atoms with Crippen molar-refractivity contribution in [1.29, 1.82) is 0 Å². The van der Waals surface area contributed by atoms with Gasteiger partial charge in [-0.05, 0) is 31.2 Å². The maximum absolute atomic E-state index is 12.4. The fourth-order valence-electron chi connectivity index (χ4n) is 1.89. The third kappa shape index (κ3) is 3.64.